The Kier molecular flexibility index (Phi) is 19.8. The van der Waals surface area contributed by atoms with Gasteiger partial charge in [-0.3, -0.25) is 9.98 Å². The predicted molar refractivity (Wildman–Crippen MR) is 134 cm³/mol. The van der Waals surface area contributed by atoms with Crippen LogP contribution in [0.5, 0.6) is 0 Å². The zero-order chi connectivity index (χ0) is 24.1. The van der Waals surface area contributed by atoms with Crippen molar-refractivity contribution in [2.45, 2.75) is 55.4 Å². The second kappa shape index (κ2) is 17.3. The van der Waals surface area contributed by atoms with Gasteiger partial charge in [0.05, 0.1) is 13.1 Å². The first-order valence-electron chi connectivity index (χ1n) is 10.6. The Morgan fingerprint density at radius 2 is 0.935 bits per heavy atom. The van der Waals surface area contributed by atoms with E-state index in [1.54, 1.807) is 12.2 Å². The van der Waals surface area contributed by atoms with Crippen molar-refractivity contribution in [2.75, 3.05) is 54.4 Å². The molecule has 0 radical (unpaired) electrons. The molecule has 0 bridgehead atoms. The summed E-state index contributed by atoms with van der Waals surface area (Å²) in [6, 6.07) is 0. The van der Waals surface area contributed by atoms with Gasteiger partial charge in [0.25, 0.3) is 0 Å². The minimum atomic E-state index is -0.307. The van der Waals surface area contributed by atoms with Crippen molar-refractivity contribution >= 4 is 56.9 Å². The smallest absolute Gasteiger partial charge is 0.875 e. The molecule has 6 nitrogen and oxygen atoms in total. The van der Waals surface area contributed by atoms with Crippen LogP contribution in [0.25, 0.3) is 0 Å². The molecule has 0 unspecified atom stereocenters. The number of hydrogen-bond acceptors (Lipinski definition) is 6. The molecule has 0 atom stereocenters. The van der Waals surface area contributed by atoms with Crippen molar-refractivity contribution in [1.82, 2.24) is 9.80 Å². The van der Waals surface area contributed by atoms with Crippen molar-refractivity contribution in [3.8, 4) is 0 Å². The number of aliphatic imine (C=N–C) groups is 2. The summed E-state index contributed by atoms with van der Waals surface area (Å²) in [5, 5.41) is 23.3. The number of allylic oxidation sites excluding steroid dienone is 4. The third-order valence-electron chi connectivity index (χ3n) is 3.98. The zero-order valence-electron chi connectivity index (χ0n) is 22.3. The molecule has 0 aromatic heterocycles. The minimum Gasteiger partial charge on any atom is -0.875 e. The van der Waals surface area contributed by atoms with E-state index in [0.29, 0.717) is 0 Å². The third-order valence-corrected chi connectivity index (χ3v) is 3.98. The maximum Gasteiger partial charge on any atom is 2.00 e. The molecular formula is C24H46N4O2Sr. The van der Waals surface area contributed by atoms with Gasteiger partial charge in [-0.25, -0.2) is 0 Å². The van der Waals surface area contributed by atoms with Crippen LogP contribution in [-0.4, -0.2) is 121 Å². The predicted octanol–water partition coefficient (Wildman–Crippen LogP) is 2.22. The van der Waals surface area contributed by atoms with Crippen molar-refractivity contribution in [3.05, 3.63) is 23.7 Å². The Morgan fingerprint density at radius 1 is 0.677 bits per heavy atom. The van der Waals surface area contributed by atoms with Crippen LogP contribution in [0.2, 0.25) is 0 Å². The Balaban J connectivity index is -0.000000490. The van der Waals surface area contributed by atoms with E-state index in [4.69, 9.17) is 0 Å². The summed E-state index contributed by atoms with van der Waals surface area (Å²) in [5.41, 5.74) is 1.02. The molecule has 0 rings (SSSR count). The molecule has 0 N–H and O–H groups in total. The van der Waals surface area contributed by atoms with Gasteiger partial charge >= 0.3 is 45.5 Å². The average Bonchev–Trinajstić information content (AvgIpc) is 2.52. The SMILES string of the molecule is CC(/C=C(\[O-])C(C)(C)C)=NCCN(C)C.CC(/C=C(\[O-])C(C)(C)C)=NCCN(C)C.[Sr+2]. The Morgan fingerprint density at radius 3 is 1.13 bits per heavy atom. The van der Waals surface area contributed by atoms with E-state index in [2.05, 4.69) is 19.8 Å². The first-order valence-corrected chi connectivity index (χ1v) is 10.6. The second-order valence-electron chi connectivity index (χ2n) is 10.2. The quantitative estimate of drug-likeness (QED) is 0.285. The van der Waals surface area contributed by atoms with Gasteiger partial charge in [-0.15, -0.1) is 11.5 Å². The Hall–Kier alpha value is -0.179. The molecule has 0 spiro atoms. The molecule has 0 aliphatic rings. The summed E-state index contributed by atoms with van der Waals surface area (Å²) < 4.78 is 0. The van der Waals surface area contributed by atoms with Crippen LogP contribution < -0.4 is 10.2 Å². The molecule has 0 aromatic rings. The summed E-state index contributed by atoms with van der Waals surface area (Å²) in [6.07, 6.45) is 3.27. The van der Waals surface area contributed by atoms with Crippen molar-refractivity contribution < 1.29 is 10.2 Å². The second-order valence-corrected chi connectivity index (χ2v) is 10.2. The van der Waals surface area contributed by atoms with Crippen LogP contribution in [0.4, 0.5) is 0 Å². The molecular weight excluding hydrogens is 464 g/mol. The standard InChI is InChI=1S/2C12H24N2O.Sr/c2*1-10(13-7-8-14(5)6)9-11(15)12(2,3)4;/h2*9,15H,7-8H2,1-6H3;/q;;+2/p-2/b2*11-9-,13-10?;. The van der Waals surface area contributed by atoms with Gasteiger partial charge in [-0.05, 0) is 52.9 Å². The Labute approximate surface area is 229 Å². The van der Waals surface area contributed by atoms with Crippen LogP contribution >= 0.6 is 0 Å². The van der Waals surface area contributed by atoms with Crippen molar-refractivity contribution in [1.29, 1.82) is 0 Å². The van der Waals surface area contributed by atoms with Gasteiger partial charge in [-0.1, -0.05) is 53.7 Å². The monoisotopic (exact) mass is 510 g/mol. The fourth-order valence-electron chi connectivity index (χ4n) is 1.76. The van der Waals surface area contributed by atoms with E-state index in [1.165, 1.54) is 0 Å². The van der Waals surface area contributed by atoms with Crippen LogP contribution in [0, 0.1) is 10.8 Å². The molecule has 0 amide bonds. The summed E-state index contributed by atoms with van der Waals surface area (Å²) in [7, 11) is 8.04. The van der Waals surface area contributed by atoms with Crippen LogP contribution in [0.1, 0.15) is 55.4 Å². The van der Waals surface area contributed by atoms with E-state index in [-0.39, 0.29) is 67.8 Å². The summed E-state index contributed by atoms with van der Waals surface area (Å²) in [6.45, 7) is 18.6. The van der Waals surface area contributed by atoms with E-state index in [0.717, 1.165) is 37.6 Å². The summed E-state index contributed by atoms with van der Waals surface area (Å²) in [5.74, 6) is 0.266. The maximum atomic E-state index is 11.6. The van der Waals surface area contributed by atoms with E-state index in [1.807, 2.05) is 83.6 Å². The summed E-state index contributed by atoms with van der Waals surface area (Å²) >= 11 is 0. The van der Waals surface area contributed by atoms with Gasteiger partial charge < -0.3 is 20.0 Å². The molecule has 176 valence electrons. The minimum absolute atomic E-state index is 0. The molecule has 0 saturated heterocycles. The maximum absolute atomic E-state index is 11.6. The molecule has 0 saturated carbocycles. The van der Waals surface area contributed by atoms with E-state index < -0.39 is 0 Å². The largest absolute Gasteiger partial charge is 2.00 e. The first kappa shape index (κ1) is 35.4. The van der Waals surface area contributed by atoms with E-state index >= 15 is 0 Å². The number of rotatable bonds is 8. The normalized spacial score (nSPS) is 14.4. The fourth-order valence-corrected chi connectivity index (χ4v) is 1.76. The third kappa shape index (κ3) is 22.8. The molecule has 31 heavy (non-hydrogen) atoms. The van der Waals surface area contributed by atoms with Gasteiger partial charge in [0.2, 0.25) is 0 Å². The van der Waals surface area contributed by atoms with Crippen molar-refractivity contribution in [3.63, 3.8) is 0 Å². The number of likely N-dealkylation sites (N-methyl/N-ethyl adjacent to an activating group) is 2. The van der Waals surface area contributed by atoms with Crippen molar-refractivity contribution in [2.24, 2.45) is 20.8 Å². The van der Waals surface area contributed by atoms with Gasteiger partial charge in [-0.2, -0.15) is 0 Å². The van der Waals surface area contributed by atoms with Crippen LogP contribution in [-0.2, 0) is 0 Å². The first-order chi connectivity index (χ1) is 13.5. The van der Waals surface area contributed by atoms with Gasteiger partial charge in [0.15, 0.2) is 0 Å². The molecule has 7 heteroatoms. The Bertz CT molecular complexity index is 554. The molecule has 0 fully saturated rings. The zero-order valence-corrected chi connectivity index (χ0v) is 25.8. The summed E-state index contributed by atoms with van der Waals surface area (Å²) in [4.78, 5) is 12.8. The average molecular weight is 510 g/mol. The van der Waals surface area contributed by atoms with Gasteiger partial charge in [0.1, 0.15) is 0 Å². The molecule has 0 heterocycles. The van der Waals surface area contributed by atoms with Crippen LogP contribution in [0.3, 0.4) is 0 Å². The molecule has 0 aliphatic heterocycles. The number of hydrogen-bond donors (Lipinski definition) is 0. The fraction of sp³-hybridized carbons (Fsp3) is 0.750. The molecule has 0 aromatic carbocycles. The molecule has 0 aliphatic carbocycles. The number of nitrogens with zero attached hydrogens (tertiary/aromatic N) is 4. The van der Waals surface area contributed by atoms with Gasteiger partial charge in [0, 0.05) is 24.5 Å². The van der Waals surface area contributed by atoms with Crippen LogP contribution in [0.15, 0.2) is 33.7 Å². The van der Waals surface area contributed by atoms with E-state index in [9.17, 15) is 10.2 Å². The topological polar surface area (TPSA) is 77.3 Å².